The number of hydrogen-bond acceptors (Lipinski definition) is 3. The predicted molar refractivity (Wildman–Crippen MR) is 73.8 cm³/mol. The molecular weight excluding hydrogens is 228 g/mol. The molecule has 1 heterocycles. The van der Waals surface area contributed by atoms with E-state index in [1.165, 1.54) is 38.8 Å². The zero-order valence-corrected chi connectivity index (χ0v) is 12.1. The number of amides is 1. The molecule has 0 aromatic carbocycles. The molecule has 1 saturated heterocycles. The zero-order chi connectivity index (χ0) is 13.4. The number of carbonyl (C=O) groups excluding carboxylic acids is 1. The van der Waals surface area contributed by atoms with E-state index in [1.807, 2.05) is 20.8 Å². The highest BCUT2D eigenvalue weighted by Gasteiger charge is 2.15. The third kappa shape index (κ3) is 7.54. The fraction of sp³-hybridized carbons (Fsp3) is 0.929. The first-order chi connectivity index (χ1) is 8.47. The van der Waals surface area contributed by atoms with Crippen LogP contribution < -0.4 is 5.32 Å². The molecule has 0 radical (unpaired) electrons. The Bertz CT molecular complexity index is 241. The molecule has 1 rings (SSSR count). The number of hydrogen-bond donors (Lipinski definition) is 1. The Hall–Kier alpha value is -0.770. The second-order valence-electron chi connectivity index (χ2n) is 6.04. The van der Waals surface area contributed by atoms with E-state index in [4.69, 9.17) is 4.74 Å². The molecule has 0 aromatic rings. The van der Waals surface area contributed by atoms with Crippen molar-refractivity contribution >= 4 is 6.09 Å². The fourth-order valence-electron chi connectivity index (χ4n) is 2.17. The molecular formula is C14H28N2O2. The summed E-state index contributed by atoms with van der Waals surface area (Å²) >= 11 is 0. The van der Waals surface area contributed by atoms with Crippen LogP contribution in [0.2, 0.25) is 0 Å². The standard InChI is InChI=1S/C14H28N2O2/c1-14(2,3)18-13(17)15-9-8-12-16-10-6-4-5-7-11-16/h4-12H2,1-3H3,(H,15,17). The summed E-state index contributed by atoms with van der Waals surface area (Å²) in [6.45, 7) is 9.84. The quantitative estimate of drug-likeness (QED) is 0.786. The summed E-state index contributed by atoms with van der Waals surface area (Å²) in [6.07, 6.45) is 6.07. The minimum absolute atomic E-state index is 0.307. The van der Waals surface area contributed by atoms with Crippen LogP contribution in [-0.4, -0.2) is 42.8 Å². The van der Waals surface area contributed by atoms with E-state index in [-0.39, 0.29) is 6.09 Å². The monoisotopic (exact) mass is 256 g/mol. The zero-order valence-electron chi connectivity index (χ0n) is 12.1. The summed E-state index contributed by atoms with van der Waals surface area (Å²) in [5, 5.41) is 2.81. The van der Waals surface area contributed by atoms with Crippen LogP contribution in [0.3, 0.4) is 0 Å². The van der Waals surface area contributed by atoms with Crippen molar-refractivity contribution in [3.63, 3.8) is 0 Å². The lowest BCUT2D eigenvalue weighted by atomic mass is 10.2. The summed E-state index contributed by atoms with van der Waals surface area (Å²) in [7, 11) is 0. The fourth-order valence-corrected chi connectivity index (χ4v) is 2.17. The smallest absolute Gasteiger partial charge is 0.407 e. The molecule has 1 amide bonds. The van der Waals surface area contributed by atoms with Gasteiger partial charge in [0.2, 0.25) is 0 Å². The van der Waals surface area contributed by atoms with Crippen molar-refractivity contribution in [2.24, 2.45) is 0 Å². The van der Waals surface area contributed by atoms with E-state index in [0.717, 1.165) is 13.0 Å². The van der Waals surface area contributed by atoms with Crippen molar-refractivity contribution in [1.82, 2.24) is 10.2 Å². The first kappa shape index (κ1) is 15.3. The predicted octanol–water partition coefficient (Wildman–Crippen LogP) is 2.78. The lowest BCUT2D eigenvalue weighted by Crippen LogP contribution is -2.34. The third-order valence-corrected chi connectivity index (χ3v) is 3.02. The molecule has 0 atom stereocenters. The third-order valence-electron chi connectivity index (χ3n) is 3.02. The molecule has 106 valence electrons. The van der Waals surface area contributed by atoms with E-state index < -0.39 is 5.60 Å². The van der Waals surface area contributed by atoms with Crippen LogP contribution in [0, 0.1) is 0 Å². The van der Waals surface area contributed by atoms with Gasteiger partial charge in [-0.2, -0.15) is 0 Å². The van der Waals surface area contributed by atoms with Gasteiger partial charge in [-0.1, -0.05) is 12.8 Å². The minimum Gasteiger partial charge on any atom is -0.444 e. The Balaban J connectivity index is 2.05. The summed E-state index contributed by atoms with van der Waals surface area (Å²) < 4.78 is 5.19. The number of alkyl carbamates (subject to hydrolysis) is 1. The van der Waals surface area contributed by atoms with Crippen molar-refractivity contribution in [2.45, 2.75) is 58.5 Å². The van der Waals surface area contributed by atoms with Crippen LogP contribution in [0.5, 0.6) is 0 Å². The van der Waals surface area contributed by atoms with E-state index in [0.29, 0.717) is 6.54 Å². The maximum atomic E-state index is 11.4. The molecule has 18 heavy (non-hydrogen) atoms. The molecule has 0 aromatic heterocycles. The Morgan fingerprint density at radius 2 is 1.78 bits per heavy atom. The normalized spacial score (nSPS) is 18.2. The molecule has 1 fully saturated rings. The Labute approximate surface area is 111 Å². The molecule has 4 heteroatoms. The van der Waals surface area contributed by atoms with E-state index in [9.17, 15) is 4.79 Å². The number of carbonyl (C=O) groups is 1. The second kappa shape index (κ2) is 7.62. The average Bonchev–Trinajstić information content (AvgIpc) is 2.50. The van der Waals surface area contributed by atoms with Crippen LogP contribution in [0.4, 0.5) is 4.79 Å². The lowest BCUT2D eigenvalue weighted by molar-refractivity contribution is 0.0525. The molecule has 0 aliphatic carbocycles. The number of rotatable bonds is 4. The largest absolute Gasteiger partial charge is 0.444 e. The number of nitrogens with one attached hydrogen (secondary N) is 1. The summed E-state index contributed by atoms with van der Waals surface area (Å²) in [4.78, 5) is 13.9. The Kier molecular flexibility index (Phi) is 6.47. The first-order valence-electron chi connectivity index (χ1n) is 7.16. The van der Waals surface area contributed by atoms with E-state index in [2.05, 4.69) is 10.2 Å². The van der Waals surface area contributed by atoms with Gasteiger partial charge >= 0.3 is 6.09 Å². The highest BCUT2D eigenvalue weighted by Crippen LogP contribution is 2.09. The van der Waals surface area contributed by atoms with Gasteiger partial charge in [-0.25, -0.2) is 4.79 Å². The molecule has 0 unspecified atom stereocenters. The highest BCUT2D eigenvalue weighted by molar-refractivity contribution is 5.67. The van der Waals surface area contributed by atoms with Gasteiger partial charge < -0.3 is 15.0 Å². The molecule has 0 spiro atoms. The topological polar surface area (TPSA) is 41.6 Å². The molecule has 1 aliphatic heterocycles. The molecule has 0 saturated carbocycles. The first-order valence-corrected chi connectivity index (χ1v) is 7.16. The van der Waals surface area contributed by atoms with Crippen molar-refractivity contribution in [3.05, 3.63) is 0 Å². The van der Waals surface area contributed by atoms with Crippen molar-refractivity contribution in [1.29, 1.82) is 0 Å². The molecule has 1 aliphatic rings. The molecule has 4 nitrogen and oxygen atoms in total. The Morgan fingerprint density at radius 3 is 2.33 bits per heavy atom. The van der Waals surface area contributed by atoms with Crippen molar-refractivity contribution in [3.8, 4) is 0 Å². The van der Waals surface area contributed by atoms with Gasteiger partial charge in [0.25, 0.3) is 0 Å². The number of likely N-dealkylation sites (tertiary alicyclic amines) is 1. The van der Waals surface area contributed by atoms with Gasteiger partial charge in [-0.3, -0.25) is 0 Å². The molecule has 0 bridgehead atoms. The summed E-state index contributed by atoms with van der Waals surface area (Å²) in [6, 6.07) is 0. The van der Waals surface area contributed by atoms with Crippen LogP contribution in [0.25, 0.3) is 0 Å². The maximum absolute atomic E-state index is 11.4. The van der Waals surface area contributed by atoms with Gasteiger partial charge in [-0.05, 0) is 59.7 Å². The van der Waals surface area contributed by atoms with Gasteiger partial charge in [0.05, 0.1) is 0 Å². The van der Waals surface area contributed by atoms with Crippen molar-refractivity contribution < 1.29 is 9.53 Å². The van der Waals surface area contributed by atoms with Crippen LogP contribution in [0.1, 0.15) is 52.9 Å². The molecule has 1 N–H and O–H groups in total. The van der Waals surface area contributed by atoms with E-state index in [1.54, 1.807) is 0 Å². The average molecular weight is 256 g/mol. The highest BCUT2D eigenvalue weighted by atomic mass is 16.6. The van der Waals surface area contributed by atoms with Crippen molar-refractivity contribution in [2.75, 3.05) is 26.2 Å². The van der Waals surface area contributed by atoms with E-state index >= 15 is 0 Å². The van der Waals surface area contributed by atoms with Crippen LogP contribution in [0.15, 0.2) is 0 Å². The maximum Gasteiger partial charge on any atom is 0.407 e. The van der Waals surface area contributed by atoms with Gasteiger partial charge in [0, 0.05) is 6.54 Å². The lowest BCUT2D eigenvalue weighted by Gasteiger charge is -2.21. The van der Waals surface area contributed by atoms with Gasteiger partial charge in [0.15, 0.2) is 0 Å². The second-order valence-corrected chi connectivity index (χ2v) is 6.04. The van der Waals surface area contributed by atoms with Crippen LogP contribution >= 0.6 is 0 Å². The summed E-state index contributed by atoms with van der Waals surface area (Å²) in [5.41, 5.74) is -0.408. The SMILES string of the molecule is CC(C)(C)OC(=O)NCCCN1CCCCCC1. The van der Waals surface area contributed by atoms with Gasteiger partial charge in [0.1, 0.15) is 5.60 Å². The Morgan fingerprint density at radius 1 is 1.17 bits per heavy atom. The van der Waals surface area contributed by atoms with Crippen LogP contribution in [-0.2, 0) is 4.74 Å². The summed E-state index contributed by atoms with van der Waals surface area (Å²) in [5.74, 6) is 0. The number of ether oxygens (including phenoxy) is 1. The van der Waals surface area contributed by atoms with Gasteiger partial charge in [-0.15, -0.1) is 0 Å². The number of nitrogens with zero attached hydrogens (tertiary/aromatic N) is 1. The minimum atomic E-state index is -0.408.